The van der Waals surface area contributed by atoms with Crippen molar-refractivity contribution in [3.05, 3.63) is 47.0 Å². The van der Waals surface area contributed by atoms with Gasteiger partial charge in [0.2, 0.25) is 0 Å². The zero-order valence-corrected chi connectivity index (χ0v) is 10.7. The molecule has 0 amide bonds. The van der Waals surface area contributed by atoms with E-state index in [1.54, 1.807) is 19.9 Å². The highest BCUT2D eigenvalue weighted by Crippen LogP contribution is 2.40. The summed E-state index contributed by atoms with van der Waals surface area (Å²) in [5, 5.41) is 19.6. The fraction of sp³-hybridized carbons (Fsp3) is 0.200. The lowest BCUT2D eigenvalue weighted by molar-refractivity contribution is 0.396. The molecule has 3 heteroatoms. The van der Waals surface area contributed by atoms with E-state index in [1.165, 1.54) is 0 Å². The first-order valence-corrected chi connectivity index (χ1v) is 5.75. The van der Waals surface area contributed by atoms with Crippen LogP contribution in [0.3, 0.4) is 0 Å². The van der Waals surface area contributed by atoms with Gasteiger partial charge in [-0.05, 0) is 50.1 Å². The fourth-order valence-corrected chi connectivity index (χ4v) is 1.78. The summed E-state index contributed by atoms with van der Waals surface area (Å²) in [6.45, 7) is 5.40. The minimum absolute atomic E-state index is 0.0194. The van der Waals surface area contributed by atoms with Crippen LogP contribution < -0.4 is 4.74 Å². The Balaban J connectivity index is 2.44. The van der Waals surface area contributed by atoms with Crippen LogP contribution in [0, 0.1) is 20.8 Å². The Morgan fingerprint density at radius 2 is 1.72 bits per heavy atom. The Kier molecular flexibility index (Phi) is 3.15. The van der Waals surface area contributed by atoms with E-state index in [9.17, 15) is 10.2 Å². The molecule has 0 atom stereocenters. The molecule has 94 valence electrons. The topological polar surface area (TPSA) is 49.7 Å². The van der Waals surface area contributed by atoms with Crippen molar-refractivity contribution in [1.29, 1.82) is 0 Å². The van der Waals surface area contributed by atoms with Gasteiger partial charge in [-0.25, -0.2) is 0 Å². The van der Waals surface area contributed by atoms with Crippen molar-refractivity contribution in [2.75, 3.05) is 0 Å². The van der Waals surface area contributed by atoms with Crippen molar-refractivity contribution in [2.45, 2.75) is 20.8 Å². The number of hydrogen-bond acceptors (Lipinski definition) is 3. The average Bonchev–Trinajstić information content (AvgIpc) is 2.32. The number of aromatic hydroxyl groups is 2. The zero-order valence-electron chi connectivity index (χ0n) is 10.7. The van der Waals surface area contributed by atoms with Crippen LogP contribution in [0.15, 0.2) is 30.3 Å². The van der Waals surface area contributed by atoms with Gasteiger partial charge in [-0.15, -0.1) is 0 Å². The minimum Gasteiger partial charge on any atom is -0.508 e. The summed E-state index contributed by atoms with van der Waals surface area (Å²) in [4.78, 5) is 0. The number of phenols is 2. The second-order valence-corrected chi connectivity index (χ2v) is 4.43. The normalized spacial score (nSPS) is 10.4. The third kappa shape index (κ3) is 2.25. The molecule has 0 heterocycles. The molecule has 2 aromatic rings. The summed E-state index contributed by atoms with van der Waals surface area (Å²) >= 11 is 0. The molecule has 0 aromatic heterocycles. The Hall–Kier alpha value is -2.16. The second kappa shape index (κ2) is 4.61. The molecule has 0 bridgehead atoms. The van der Waals surface area contributed by atoms with E-state index < -0.39 is 0 Å². The summed E-state index contributed by atoms with van der Waals surface area (Å²) in [6, 6.07) is 9.17. The third-order valence-corrected chi connectivity index (χ3v) is 2.88. The molecule has 0 saturated heterocycles. The number of benzene rings is 2. The van der Waals surface area contributed by atoms with Gasteiger partial charge in [-0.2, -0.15) is 0 Å². The minimum atomic E-state index is -0.0194. The maximum Gasteiger partial charge on any atom is 0.172 e. The molecule has 3 nitrogen and oxygen atoms in total. The van der Waals surface area contributed by atoms with Gasteiger partial charge in [0.05, 0.1) is 0 Å². The van der Waals surface area contributed by atoms with Crippen LogP contribution in [0.5, 0.6) is 23.0 Å². The van der Waals surface area contributed by atoms with Gasteiger partial charge >= 0.3 is 0 Å². The van der Waals surface area contributed by atoms with Crippen LogP contribution in [0.4, 0.5) is 0 Å². The molecule has 2 aromatic carbocycles. The summed E-state index contributed by atoms with van der Waals surface area (Å²) < 4.78 is 5.70. The highest BCUT2D eigenvalue weighted by molar-refractivity contribution is 5.57. The molecule has 0 aliphatic carbocycles. The van der Waals surface area contributed by atoms with Gasteiger partial charge in [0, 0.05) is 5.56 Å². The Morgan fingerprint density at radius 1 is 1.00 bits per heavy atom. The monoisotopic (exact) mass is 244 g/mol. The maximum atomic E-state index is 10.0. The highest BCUT2D eigenvalue weighted by Gasteiger charge is 2.14. The first-order valence-electron chi connectivity index (χ1n) is 5.75. The molecule has 0 spiro atoms. The number of ether oxygens (including phenoxy) is 1. The third-order valence-electron chi connectivity index (χ3n) is 2.88. The number of phenolic OH excluding ortho intramolecular Hbond substituents is 2. The highest BCUT2D eigenvalue weighted by atomic mass is 16.5. The Bertz CT molecular complexity index is 589. The summed E-state index contributed by atoms with van der Waals surface area (Å²) in [5.74, 6) is 1.10. The Morgan fingerprint density at radius 3 is 2.39 bits per heavy atom. The SMILES string of the molecule is Cc1cccc(Oc2c(C)cc(O)c(C)c2O)c1. The van der Waals surface area contributed by atoms with Crippen LogP contribution in [0.25, 0.3) is 0 Å². The predicted octanol–water partition coefficient (Wildman–Crippen LogP) is 3.82. The van der Waals surface area contributed by atoms with Crippen LogP contribution in [-0.2, 0) is 0 Å². The lowest BCUT2D eigenvalue weighted by Crippen LogP contribution is -1.91. The van der Waals surface area contributed by atoms with Crippen LogP contribution in [0.2, 0.25) is 0 Å². The van der Waals surface area contributed by atoms with Crippen molar-refractivity contribution in [3.8, 4) is 23.0 Å². The Labute approximate surface area is 106 Å². The van der Waals surface area contributed by atoms with Gasteiger partial charge in [0.1, 0.15) is 11.5 Å². The maximum absolute atomic E-state index is 10.0. The van der Waals surface area contributed by atoms with E-state index in [-0.39, 0.29) is 11.5 Å². The molecule has 0 aliphatic heterocycles. The molecule has 2 rings (SSSR count). The standard InChI is InChI=1S/C15H16O3/c1-9-5-4-6-12(7-9)18-15-10(2)8-13(16)11(3)14(15)17/h4-8,16-17H,1-3H3. The molecule has 2 N–H and O–H groups in total. The van der Waals surface area contributed by atoms with Gasteiger partial charge in [-0.1, -0.05) is 12.1 Å². The van der Waals surface area contributed by atoms with Crippen LogP contribution in [-0.4, -0.2) is 10.2 Å². The van der Waals surface area contributed by atoms with Crippen molar-refractivity contribution in [2.24, 2.45) is 0 Å². The molecular weight excluding hydrogens is 228 g/mol. The van der Waals surface area contributed by atoms with Gasteiger partial charge in [0.25, 0.3) is 0 Å². The molecule has 0 saturated carbocycles. The van der Waals surface area contributed by atoms with E-state index in [0.717, 1.165) is 5.56 Å². The fourth-order valence-electron chi connectivity index (χ4n) is 1.78. The first kappa shape index (κ1) is 12.3. The van der Waals surface area contributed by atoms with Gasteiger partial charge < -0.3 is 14.9 Å². The summed E-state index contributed by atoms with van der Waals surface area (Å²) in [7, 11) is 0. The number of hydrogen-bond donors (Lipinski definition) is 2. The average molecular weight is 244 g/mol. The summed E-state index contributed by atoms with van der Waals surface area (Å²) in [6.07, 6.45) is 0. The van der Waals surface area contributed by atoms with E-state index in [2.05, 4.69) is 0 Å². The van der Waals surface area contributed by atoms with Gasteiger partial charge in [-0.3, -0.25) is 0 Å². The second-order valence-electron chi connectivity index (χ2n) is 4.43. The molecule has 0 aliphatic rings. The zero-order chi connectivity index (χ0) is 13.3. The molecule has 0 fully saturated rings. The largest absolute Gasteiger partial charge is 0.508 e. The lowest BCUT2D eigenvalue weighted by Gasteiger charge is -2.13. The molecule has 0 unspecified atom stereocenters. The summed E-state index contributed by atoms with van der Waals surface area (Å²) in [5.41, 5.74) is 2.19. The smallest absolute Gasteiger partial charge is 0.172 e. The lowest BCUT2D eigenvalue weighted by atomic mass is 10.1. The van der Waals surface area contributed by atoms with E-state index in [4.69, 9.17) is 4.74 Å². The van der Waals surface area contributed by atoms with Crippen LogP contribution >= 0.6 is 0 Å². The van der Waals surface area contributed by atoms with E-state index in [1.807, 2.05) is 31.2 Å². The van der Waals surface area contributed by atoms with Crippen molar-refractivity contribution in [1.82, 2.24) is 0 Å². The van der Waals surface area contributed by atoms with Crippen molar-refractivity contribution in [3.63, 3.8) is 0 Å². The first-order chi connectivity index (χ1) is 8.49. The molecule has 18 heavy (non-hydrogen) atoms. The quantitative estimate of drug-likeness (QED) is 0.844. The molecule has 0 radical (unpaired) electrons. The number of rotatable bonds is 2. The van der Waals surface area contributed by atoms with Crippen molar-refractivity contribution < 1.29 is 14.9 Å². The van der Waals surface area contributed by atoms with Crippen LogP contribution in [0.1, 0.15) is 16.7 Å². The van der Waals surface area contributed by atoms with Crippen molar-refractivity contribution >= 4 is 0 Å². The van der Waals surface area contributed by atoms with E-state index >= 15 is 0 Å². The van der Waals surface area contributed by atoms with Gasteiger partial charge in [0.15, 0.2) is 11.5 Å². The number of aryl methyl sites for hydroxylation is 2. The van der Waals surface area contributed by atoms with E-state index in [0.29, 0.717) is 22.6 Å². The predicted molar refractivity (Wildman–Crippen MR) is 70.5 cm³/mol. The molecular formula is C15H16O3.